The van der Waals surface area contributed by atoms with Crippen LogP contribution in [0.25, 0.3) is 11.5 Å². The van der Waals surface area contributed by atoms with Gasteiger partial charge in [-0.1, -0.05) is 5.92 Å². The molecule has 27 heavy (non-hydrogen) atoms. The van der Waals surface area contributed by atoms with Gasteiger partial charge in [0.2, 0.25) is 5.76 Å². The number of halogens is 1. The number of amides is 2. The standard InChI is InChI=1S/C19H15FN2O5/c1-12(22(24)19(21)23)2-5-14-8-9-16(26-14)18-17(10-11-25-18)27-15-6-3-13(20)4-7-15/h3-4,6-12,24H,1H3,(H2,21,23). The van der Waals surface area contributed by atoms with Crippen molar-refractivity contribution < 1.29 is 28.0 Å². The van der Waals surface area contributed by atoms with Gasteiger partial charge >= 0.3 is 6.03 Å². The highest BCUT2D eigenvalue weighted by Crippen LogP contribution is 2.35. The average molecular weight is 370 g/mol. The summed E-state index contributed by atoms with van der Waals surface area (Å²) >= 11 is 0. The molecule has 2 aromatic heterocycles. The Hall–Kier alpha value is -3.70. The summed E-state index contributed by atoms with van der Waals surface area (Å²) in [5.74, 6) is 6.77. The molecule has 1 unspecified atom stereocenters. The van der Waals surface area contributed by atoms with E-state index in [0.29, 0.717) is 33.8 Å². The fraction of sp³-hybridized carbons (Fsp3) is 0.105. The molecule has 0 fully saturated rings. The van der Waals surface area contributed by atoms with Gasteiger partial charge in [0.15, 0.2) is 17.3 Å². The van der Waals surface area contributed by atoms with Crippen molar-refractivity contribution in [2.45, 2.75) is 13.0 Å². The fourth-order valence-electron chi connectivity index (χ4n) is 2.14. The van der Waals surface area contributed by atoms with Crippen LogP contribution in [0.1, 0.15) is 12.7 Å². The van der Waals surface area contributed by atoms with Crippen molar-refractivity contribution in [3.8, 4) is 34.9 Å². The number of furan rings is 2. The van der Waals surface area contributed by atoms with Gasteiger partial charge in [-0.25, -0.2) is 9.18 Å². The van der Waals surface area contributed by atoms with E-state index < -0.39 is 12.1 Å². The molecule has 0 saturated heterocycles. The molecule has 0 bridgehead atoms. The molecular weight excluding hydrogens is 355 g/mol. The molecule has 3 aromatic rings. The Kier molecular flexibility index (Phi) is 5.15. The molecule has 8 heteroatoms. The van der Waals surface area contributed by atoms with Crippen LogP contribution in [0.3, 0.4) is 0 Å². The number of benzene rings is 1. The van der Waals surface area contributed by atoms with Gasteiger partial charge in [-0.2, -0.15) is 5.06 Å². The molecule has 0 aliphatic carbocycles. The molecule has 138 valence electrons. The highest BCUT2D eigenvalue weighted by molar-refractivity contribution is 5.71. The van der Waals surface area contributed by atoms with Crippen molar-refractivity contribution in [3.05, 3.63) is 60.3 Å². The van der Waals surface area contributed by atoms with Gasteiger partial charge in [0.1, 0.15) is 17.6 Å². The molecule has 1 aromatic carbocycles. The Morgan fingerprint density at radius 2 is 2.00 bits per heavy atom. The highest BCUT2D eigenvalue weighted by Gasteiger charge is 2.16. The Morgan fingerprint density at radius 1 is 1.26 bits per heavy atom. The van der Waals surface area contributed by atoms with E-state index in [4.69, 9.17) is 19.3 Å². The van der Waals surface area contributed by atoms with E-state index in [0.717, 1.165) is 0 Å². The van der Waals surface area contributed by atoms with Crippen molar-refractivity contribution in [1.82, 2.24) is 5.06 Å². The van der Waals surface area contributed by atoms with Crippen molar-refractivity contribution in [2.75, 3.05) is 0 Å². The monoisotopic (exact) mass is 370 g/mol. The first-order chi connectivity index (χ1) is 12.9. The van der Waals surface area contributed by atoms with Crippen LogP contribution in [0.15, 0.2) is 57.6 Å². The molecule has 3 N–H and O–H groups in total. The Balaban J connectivity index is 1.77. The number of primary amides is 1. The summed E-state index contributed by atoms with van der Waals surface area (Å²) in [5.41, 5.74) is 4.96. The molecule has 2 heterocycles. The first kappa shape index (κ1) is 18.1. The molecule has 1 atom stereocenters. The minimum Gasteiger partial charge on any atom is -0.457 e. The second-order valence-corrected chi connectivity index (χ2v) is 5.46. The second kappa shape index (κ2) is 7.68. The molecule has 0 aliphatic rings. The third-order valence-corrected chi connectivity index (χ3v) is 3.50. The van der Waals surface area contributed by atoms with Gasteiger partial charge in [-0.05, 0) is 49.2 Å². The lowest BCUT2D eigenvalue weighted by molar-refractivity contribution is -0.0536. The van der Waals surface area contributed by atoms with Gasteiger partial charge in [0, 0.05) is 6.07 Å². The molecular formula is C19H15FN2O5. The smallest absolute Gasteiger partial charge is 0.339 e. The topological polar surface area (TPSA) is 102 Å². The van der Waals surface area contributed by atoms with Crippen molar-refractivity contribution >= 4 is 6.03 Å². The van der Waals surface area contributed by atoms with E-state index in [-0.39, 0.29) is 5.82 Å². The quantitative estimate of drug-likeness (QED) is 0.411. The van der Waals surface area contributed by atoms with Crippen LogP contribution in [0.4, 0.5) is 9.18 Å². The number of nitrogens with zero attached hydrogens (tertiary/aromatic N) is 1. The maximum Gasteiger partial charge on any atom is 0.339 e. The Bertz CT molecular complexity index is 997. The number of nitrogens with two attached hydrogens (primary N) is 1. The van der Waals surface area contributed by atoms with E-state index in [1.165, 1.54) is 37.5 Å². The summed E-state index contributed by atoms with van der Waals surface area (Å²) in [6.07, 6.45) is 1.43. The third kappa shape index (κ3) is 4.29. The van der Waals surface area contributed by atoms with Gasteiger partial charge in [0.25, 0.3) is 0 Å². The van der Waals surface area contributed by atoms with Crippen LogP contribution in [-0.4, -0.2) is 22.3 Å². The average Bonchev–Trinajstić information content (AvgIpc) is 3.29. The molecule has 3 rings (SSSR count). The minimum atomic E-state index is -1.00. The van der Waals surface area contributed by atoms with Crippen LogP contribution in [0.5, 0.6) is 11.5 Å². The Morgan fingerprint density at radius 3 is 2.70 bits per heavy atom. The molecule has 0 radical (unpaired) electrons. The van der Waals surface area contributed by atoms with Gasteiger partial charge in [-0.15, -0.1) is 0 Å². The number of urea groups is 1. The summed E-state index contributed by atoms with van der Waals surface area (Å²) in [4.78, 5) is 10.9. The van der Waals surface area contributed by atoms with E-state index in [9.17, 15) is 14.4 Å². The van der Waals surface area contributed by atoms with E-state index in [2.05, 4.69) is 11.8 Å². The first-order valence-corrected chi connectivity index (χ1v) is 7.84. The lowest BCUT2D eigenvalue weighted by Gasteiger charge is -2.14. The lowest BCUT2D eigenvalue weighted by Crippen LogP contribution is -2.38. The lowest BCUT2D eigenvalue weighted by atomic mass is 10.3. The van der Waals surface area contributed by atoms with Crippen LogP contribution in [0, 0.1) is 17.7 Å². The molecule has 0 aliphatic heterocycles. The summed E-state index contributed by atoms with van der Waals surface area (Å²) in [6.45, 7) is 1.50. The number of hydrogen-bond donors (Lipinski definition) is 2. The van der Waals surface area contributed by atoms with Gasteiger partial charge in [-0.3, -0.25) is 5.21 Å². The normalized spacial score (nSPS) is 11.4. The second-order valence-electron chi connectivity index (χ2n) is 5.46. The number of rotatable bonds is 4. The van der Waals surface area contributed by atoms with E-state index >= 15 is 0 Å². The number of carbonyl (C=O) groups is 1. The Labute approximate surface area is 153 Å². The summed E-state index contributed by atoms with van der Waals surface area (Å²) < 4.78 is 29.7. The molecule has 2 amide bonds. The predicted molar refractivity (Wildman–Crippen MR) is 92.4 cm³/mol. The first-order valence-electron chi connectivity index (χ1n) is 7.84. The fourth-order valence-corrected chi connectivity index (χ4v) is 2.14. The largest absolute Gasteiger partial charge is 0.457 e. The number of hydrogen-bond acceptors (Lipinski definition) is 5. The van der Waals surface area contributed by atoms with E-state index in [1.807, 2.05) is 0 Å². The van der Waals surface area contributed by atoms with Crippen molar-refractivity contribution in [2.24, 2.45) is 5.73 Å². The number of hydroxylamine groups is 2. The van der Waals surface area contributed by atoms with Gasteiger partial charge < -0.3 is 19.3 Å². The summed E-state index contributed by atoms with van der Waals surface area (Å²) in [5, 5.41) is 9.71. The number of ether oxygens (including phenoxy) is 1. The van der Waals surface area contributed by atoms with Crippen LogP contribution in [0.2, 0.25) is 0 Å². The highest BCUT2D eigenvalue weighted by atomic mass is 19.1. The zero-order chi connectivity index (χ0) is 19.4. The van der Waals surface area contributed by atoms with Crippen LogP contribution in [-0.2, 0) is 0 Å². The zero-order valence-electron chi connectivity index (χ0n) is 14.2. The number of carbonyl (C=O) groups excluding carboxylic acids is 1. The van der Waals surface area contributed by atoms with Gasteiger partial charge in [0.05, 0.1) is 6.26 Å². The summed E-state index contributed by atoms with van der Waals surface area (Å²) in [6, 6.07) is 8.58. The zero-order valence-corrected chi connectivity index (χ0v) is 14.2. The molecule has 7 nitrogen and oxygen atoms in total. The van der Waals surface area contributed by atoms with Crippen molar-refractivity contribution in [3.63, 3.8) is 0 Å². The van der Waals surface area contributed by atoms with Crippen LogP contribution >= 0.6 is 0 Å². The molecule has 0 saturated carbocycles. The third-order valence-electron chi connectivity index (χ3n) is 3.50. The molecule has 0 spiro atoms. The minimum absolute atomic E-state index is 0.291. The SMILES string of the molecule is CC(C#Cc1ccc(-c2occc2Oc2ccc(F)cc2)o1)N(O)C(N)=O. The van der Waals surface area contributed by atoms with Crippen LogP contribution < -0.4 is 10.5 Å². The van der Waals surface area contributed by atoms with E-state index in [1.54, 1.807) is 18.2 Å². The summed E-state index contributed by atoms with van der Waals surface area (Å²) in [7, 11) is 0. The predicted octanol–water partition coefficient (Wildman–Crippen LogP) is 3.98. The maximum atomic E-state index is 13.0. The van der Waals surface area contributed by atoms with Crippen molar-refractivity contribution in [1.29, 1.82) is 0 Å². The maximum absolute atomic E-state index is 13.0.